The number of allylic oxidation sites excluding steroid dienone is 3. The fourth-order valence-electron chi connectivity index (χ4n) is 2.22. The molecule has 0 aromatic rings. The van der Waals surface area contributed by atoms with Crippen LogP contribution in [0.25, 0.3) is 0 Å². The lowest BCUT2D eigenvalue weighted by Crippen LogP contribution is -2.07. The van der Waals surface area contributed by atoms with Crippen molar-refractivity contribution in [3.05, 3.63) is 22.8 Å². The van der Waals surface area contributed by atoms with Gasteiger partial charge in [-0.1, -0.05) is 25.5 Å². The van der Waals surface area contributed by atoms with Crippen molar-refractivity contribution in [2.75, 3.05) is 6.61 Å². The molecule has 1 heteroatoms. The molecule has 0 saturated heterocycles. The van der Waals surface area contributed by atoms with Gasteiger partial charge in [0, 0.05) is 0 Å². The van der Waals surface area contributed by atoms with Crippen molar-refractivity contribution in [2.24, 2.45) is 11.8 Å². The average molecular weight is 194 g/mol. The third-order valence-electron chi connectivity index (χ3n) is 3.18. The summed E-state index contributed by atoms with van der Waals surface area (Å²) in [5, 5.41) is 9.02. The van der Waals surface area contributed by atoms with Crippen molar-refractivity contribution in [1.82, 2.24) is 0 Å². The minimum atomic E-state index is 0.182. The fourth-order valence-corrected chi connectivity index (χ4v) is 2.22. The first kappa shape index (κ1) is 11.5. The van der Waals surface area contributed by atoms with Crippen LogP contribution in [0.2, 0.25) is 0 Å². The smallest absolute Gasteiger partial charge is 0.0642 e. The molecule has 0 radical (unpaired) electrons. The van der Waals surface area contributed by atoms with Crippen LogP contribution in [-0.4, -0.2) is 11.7 Å². The van der Waals surface area contributed by atoms with Crippen LogP contribution >= 0.6 is 0 Å². The highest BCUT2D eigenvalue weighted by atomic mass is 16.3. The number of hydrogen-bond donors (Lipinski definition) is 1. The Bertz CT molecular complexity index is 258. The summed E-state index contributed by atoms with van der Waals surface area (Å²) in [4.78, 5) is 0. The predicted molar refractivity (Wildman–Crippen MR) is 61.1 cm³/mol. The minimum absolute atomic E-state index is 0.182. The van der Waals surface area contributed by atoms with Crippen molar-refractivity contribution in [2.45, 2.75) is 40.5 Å². The number of hydrogen-bond acceptors (Lipinski definition) is 1. The average Bonchev–Trinajstić information content (AvgIpc) is 2.48. The molecule has 1 N–H and O–H groups in total. The number of rotatable bonds is 3. The van der Waals surface area contributed by atoms with Crippen LogP contribution in [0.1, 0.15) is 40.5 Å². The third-order valence-corrected chi connectivity index (χ3v) is 3.18. The maximum Gasteiger partial charge on any atom is 0.0642 e. The van der Waals surface area contributed by atoms with E-state index in [0.717, 1.165) is 5.57 Å². The monoisotopic (exact) mass is 194 g/mol. The van der Waals surface area contributed by atoms with Crippen molar-refractivity contribution >= 4 is 0 Å². The van der Waals surface area contributed by atoms with E-state index in [1.165, 1.54) is 24.0 Å². The van der Waals surface area contributed by atoms with E-state index in [2.05, 4.69) is 26.8 Å². The van der Waals surface area contributed by atoms with E-state index in [0.29, 0.717) is 11.8 Å². The van der Waals surface area contributed by atoms with Crippen molar-refractivity contribution in [3.63, 3.8) is 0 Å². The summed E-state index contributed by atoms with van der Waals surface area (Å²) in [6, 6.07) is 0. The molecule has 1 unspecified atom stereocenters. The molecular weight excluding hydrogens is 172 g/mol. The topological polar surface area (TPSA) is 20.2 Å². The summed E-state index contributed by atoms with van der Waals surface area (Å²) in [7, 11) is 0. The maximum absolute atomic E-state index is 9.02. The van der Waals surface area contributed by atoms with E-state index in [1.54, 1.807) is 0 Å². The molecule has 0 amide bonds. The van der Waals surface area contributed by atoms with Gasteiger partial charge in [-0.25, -0.2) is 0 Å². The summed E-state index contributed by atoms with van der Waals surface area (Å²) in [6.07, 6.45) is 4.70. The second-order valence-corrected chi connectivity index (χ2v) is 4.77. The lowest BCUT2D eigenvalue weighted by atomic mass is 9.88. The SMILES string of the molecule is CC(=CC1=C(C)CCC1C(C)C)CO. The van der Waals surface area contributed by atoms with Crippen LogP contribution in [0.5, 0.6) is 0 Å². The normalized spacial score (nSPS) is 23.9. The summed E-state index contributed by atoms with van der Waals surface area (Å²) in [6.45, 7) is 8.97. The van der Waals surface area contributed by atoms with Crippen LogP contribution in [0.4, 0.5) is 0 Å². The largest absolute Gasteiger partial charge is 0.392 e. The van der Waals surface area contributed by atoms with Gasteiger partial charge in [-0.2, -0.15) is 0 Å². The molecule has 1 atom stereocenters. The lowest BCUT2D eigenvalue weighted by molar-refractivity contribution is 0.331. The summed E-state index contributed by atoms with van der Waals surface area (Å²) < 4.78 is 0. The Morgan fingerprint density at radius 1 is 1.57 bits per heavy atom. The van der Waals surface area contributed by atoms with Gasteiger partial charge in [0.1, 0.15) is 0 Å². The second kappa shape index (κ2) is 4.79. The van der Waals surface area contributed by atoms with Gasteiger partial charge in [0.2, 0.25) is 0 Å². The van der Waals surface area contributed by atoms with Gasteiger partial charge in [0.25, 0.3) is 0 Å². The van der Waals surface area contributed by atoms with Gasteiger partial charge in [-0.15, -0.1) is 0 Å². The molecule has 0 aliphatic heterocycles. The van der Waals surface area contributed by atoms with Crippen molar-refractivity contribution in [1.29, 1.82) is 0 Å². The van der Waals surface area contributed by atoms with Crippen LogP contribution in [-0.2, 0) is 0 Å². The first-order valence-electron chi connectivity index (χ1n) is 5.54. The van der Waals surface area contributed by atoms with Crippen LogP contribution in [0.3, 0.4) is 0 Å². The van der Waals surface area contributed by atoms with Crippen LogP contribution < -0.4 is 0 Å². The van der Waals surface area contributed by atoms with Gasteiger partial charge in [0.05, 0.1) is 6.61 Å². The molecule has 1 rings (SSSR count). The zero-order valence-electron chi connectivity index (χ0n) is 9.80. The molecule has 1 nitrogen and oxygen atoms in total. The fraction of sp³-hybridized carbons (Fsp3) is 0.692. The highest BCUT2D eigenvalue weighted by Crippen LogP contribution is 2.37. The zero-order valence-corrected chi connectivity index (χ0v) is 9.80. The summed E-state index contributed by atoms with van der Waals surface area (Å²) in [5.74, 6) is 1.42. The molecule has 0 spiro atoms. The standard InChI is InChI=1S/C13H22O/c1-9(2)12-6-5-11(4)13(12)7-10(3)8-14/h7,9,12,14H,5-6,8H2,1-4H3. The lowest BCUT2D eigenvalue weighted by Gasteiger charge is -2.17. The van der Waals surface area contributed by atoms with E-state index < -0.39 is 0 Å². The number of aliphatic hydroxyl groups excluding tert-OH is 1. The Labute approximate surface area is 87.5 Å². The molecule has 0 heterocycles. The van der Waals surface area contributed by atoms with Crippen LogP contribution in [0, 0.1) is 11.8 Å². The van der Waals surface area contributed by atoms with E-state index >= 15 is 0 Å². The Morgan fingerprint density at radius 2 is 2.21 bits per heavy atom. The quantitative estimate of drug-likeness (QED) is 0.731. The molecule has 1 aliphatic rings. The van der Waals surface area contributed by atoms with E-state index in [1.807, 2.05) is 6.92 Å². The molecular formula is C13H22O. The molecule has 0 aromatic carbocycles. The Morgan fingerprint density at radius 3 is 2.71 bits per heavy atom. The highest BCUT2D eigenvalue weighted by molar-refractivity contribution is 5.34. The Hall–Kier alpha value is -0.560. The van der Waals surface area contributed by atoms with Crippen molar-refractivity contribution in [3.8, 4) is 0 Å². The van der Waals surface area contributed by atoms with E-state index in [4.69, 9.17) is 5.11 Å². The predicted octanol–water partition coefficient (Wildman–Crippen LogP) is 3.31. The number of aliphatic hydroxyl groups is 1. The van der Waals surface area contributed by atoms with Crippen molar-refractivity contribution < 1.29 is 5.11 Å². The molecule has 1 aliphatic carbocycles. The Balaban J connectivity index is 2.87. The first-order chi connectivity index (χ1) is 6.56. The molecule has 14 heavy (non-hydrogen) atoms. The van der Waals surface area contributed by atoms with Gasteiger partial charge < -0.3 is 5.11 Å². The molecule has 0 fully saturated rings. The third kappa shape index (κ3) is 2.48. The summed E-state index contributed by atoms with van der Waals surface area (Å²) >= 11 is 0. The van der Waals surface area contributed by atoms with E-state index in [-0.39, 0.29) is 6.61 Å². The first-order valence-corrected chi connectivity index (χ1v) is 5.54. The highest BCUT2D eigenvalue weighted by Gasteiger charge is 2.24. The minimum Gasteiger partial charge on any atom is -0.392 e. The maximum atomic E-state index is 9.02. The Kier molecular flexibility index (Phi) is 3.94. The molecule has 0 bridgehead atoms. The molecule has 0 saturated carbocycles. The zero-order chi connectivity index (χ0) is 10.7. The van der Waals surface area contributed by atoms with Gasteiger partial charge in [0.15, 0.2) is 0 Å². The van der Waals surface area contributed by atoms with Gasteiger partial charge >= 0.3 is 0 Å². The van der Waals surface area contributed by atoms with E-state index in [9.17, 15) is 0 Å². The molecule has 80 valence electrons. The van der Waals surface area contributed by atoms with Gasteiger partial charge in [-0.05, 0) is 49.7 Å². The van der Waals surface area contributed by atoms with Gasteiger partial charge in [-0.3, -0.25) is 0 Å². The molecule has 0 aromatic heterocycles. The van der Waals surface area contributed by atoms with Crippen LogP contribution in [0.15, 0.2) is 22.8 Å². The second-order valence-electron chi connectivity index (χ2n) is 4.77. The summed E-state index contributed by atoms with van der Waals surface area (Å²) in [5.41, 5.74) is 4.06.